The van der Waals surface area contributed by atoms with Crippen LogP contribution >= 0.6 is 12.4 Å². The average molecular weight is 207 g/mol. The topological polar surface area (TPSA) is 37.3 Å². The zero-order valence-corrected chi connectivity index (χ0v) is 5.97. The van der Waals surface area contributed by atoms with E-state index in [0.717, 1.165) is 0 Å². The van der Waals surface area contributed by atoms with Crippen LogP contribution in [0.15, 0.2) is 30.3 Å². The molecule has 0 saturated heterocycles. The van der Waals surface area contributed by atoms with E-state index in [1.165, 1.54) is 0 Å². The SMILES string of the molecule is Cl.O=C(O)c1ccccc1.[NaH].[NaH]. The third-order valence-corrected chi connectivity index (χ3v) is 1.02. The van der Waals surface area contributed by atoms with Gasteiger partial charge in [0.25, 0.3) is 0 Å². The number of carbonyl (C=O) groups is 1. The van der Waals surface area contributed by atoms with E-state index in [1.807, 2.05) is 0 Å². The van der Waals surface area contributed by atoms with Crippen molar-refractivity contribution in [3.8, 4) is 0 Å². The molecule has 0 aliphatic heterocycles. The fraction of sp³-hybridized carbons (Fsp3) is 0. The second-order valence-corrected chi connectivity index (χ2v) is 1.67. The molecular formula is C7H9ClNa2O2. The van der Waals surface area contributed by atoms with Gasteiger partial charge in [-0.05, 0) is 12.1 Å². The third kappa shape index (κ3) is 6.49. The van der Waals surface area contributed by atoms with Gasteiger partial charge in [-0.25, -0.2) is 4.79 Å². The molecule has 0 atom stereocenters. The van der Waals surface area contributed by atoms with Crippen molar-refractivity contribution in [2.24, 2.45) is 0 Å². The fourth-order valence-electron chi connectivity index (χ4n) is 0.581. The average Bonchev–Trinajstić information content (AvgIpc) is 1.90. The molecule has 0 bridgehead atoms. The molecule has 0 aliphatic rings. The van der Waals surface area contributed by atoms with Crippen LogP contribution < -0.4 is 0 Å². The van der Waals surface area contributed by atoms with Crippen molar-refractivity contribution in [2.45, 2.75) is 0 Å². The Morgan fingerprint density at radius 1 is 1.08 bits per heavy atom. The van der Waals surface area contributed by atoms with Crippen LogP contribution in [0.2, 0.25) is 0 Å². The fourth-order valence-corrected chi connectivity index (χ4v) is 0.581. The van der Waals surface area contributed by atoms with E-state index in [0.29, 0.717) is 5.56 Å². The van der Waals surface area contributed by atoms with Gasteiger partial charge in [-0.15, -0.1) is 12.4 Å². The monoisotopic (exact) mass is 206 g/mol. The number of hydrogen-bond donors (Lipinski definition) is 1. The van der Waals surface area contributed by atoms with Gasteiger partial charge in [-0.1, -0.05) is 18.2 Å². The molecule has 5 heteroatoms. The Bertz CT molecular complexity index is 216. The number of hydrogen-bond acceptors (Lipinski definition) is 1. The standard InChI is InChI=1S/C7H6O2.ClH.2Na.2H/c8-7(9)6-4-2-1-3-5-6;;;;;/h1-5H,(H,8,9);1H;;;;. The van der Waals surface area contributed by atoms with Crippen LogP contribution in [0.1, 0.15) is 10.4 Å². The molecule has 0 spiro atoms. The van der Waals surface area contributed by atoms with E-state index >= 15 is 0 Å². The van der Waals surface area contributed by atoms with Crippen molar-refractivity contribution in [1.82, 2.24) is 0 Å². The maximum atomic E-state index is 10.2. The summed E-state index contributed by atoms with van der Waals surface area (Å²) in [6.45, 7) is 0. The first-order valence-electron chi connectivity index (χ1n) is 2.59. The Morgan fingerprint density at radius 2 is 1.50 bits per heavy atom. The molecule has 0 aromatic heterocycles. The van der Waals surface area contributed by atoms with E-state index in [2.05, 4.69) is 0 Å². The van der Waals surface area contributed by atoms with Crippen LogP contribution in [0.3, 0.4) is 0 Å². The summed E-state index contributed by atoms with van der Waals surface area (Å²) in [6, 6.07) is 8.30. The summed E-state index contributed by atoms with van der Waals surface area (Å²) in [4.78, 5) is 10.2. The molecule has 0 heterocycles. The summed E-state index contributed by atoms with van der Waals surface area (Å²) in [5, 5.41) is 8.38. The molecule has 1 aromatic rings. The number of halogens is 1. The molecule has 1 rings (SSSR count). The van der Waals surface area contributed by atoms with Gasteiger partial charge in [0.2, 0.25) is 0 Å². The molecule has 0 fully saturated rings. The minimum absolute atomic E-state index is 0. The van der Waals surface area contributed by atoms with Crippen molar-refractivity contribution in [2.75, 3.05) is 0 Å². The van der Waals surface area contributed by atoms with Gasteiger partial charge in [0.15, 0.2) is 0 Å². The van der Waals surface area contributed by atoms with Crippen LogP contribution in [0.5, 0.6) is 0 Å². The van der Waals surface area contributed by atoms with E-state index in [4.69, 9.17) is 5.11 Å². The van der Waals surface area contributed by atoms with E-state index in [-0.39, 0.29) is 71.5 Å². The zero-order chi connectivity index (χ0) is 6.69. The Morgan fingerprint density at radius 3 is 1.75 bits per heavy atom. The predicted octanol–water partition coefficient (Wildman–Crippen LogP) is 0.510. The quantitative estimate of drug-likeness (QED) is 0.680. The van der Waals surface area contributed by atoms with Gasteiger partial charge in [-0.2, -0.15) is 0 Å². The number of carboxylic acids is 1. The molecule has 0 radical (unpaired) electrons. The molecule has 58 valence electrons. The molecule has 0 aliphatic carbocycles. The van der Waals surface area contributed by atoms with Crippen LogP contribution in [0.25, 0.3) is 0 Å². The summed E-state index contributed by atoms with van der Waals surface area (Å²) in [7, 11) is 0. The summed E-state index contributed by atoms with van der Waals surface area (Å²) in [5.41, 5.74) is 0.331. The Kier molecular flexibility index (Phi) is 15.7. The van der Waals surface area contributed by atoms with E-state index in [1.54, 1.807) is 30.3 Å². The minimum atomic E-state index is -0.879. The van der Waals surface area contributed by atoms with Crippen LogP contribution in [0, 0.1) is 0 Å². The van der Waals surface area contributed by atoms with Crippen molar-refractivity contribution in [3.05, 3.63) is 35.9 Å². The Hall–Kier alpha value is 0.980. The first-order chi connectivity index (χ1) is 4.30. The molecule has 1 aromatic carbocycles. The van der Waals surface area contributed by atoms with Gasteiger partial charge >= 0.3 is 65.1 Å². The first-order valence-corrected chi connectivity index (χ1v) is 2.59. The number of benzene rings is 1. The first kappa shape index (κ1) is 18.7. The molecule has 0 saturated carbocycles. The van der Waals surface area contributed by atoms with Gasteiger partial charge < -0.3 is 5.11 Å². The molecule has 12 heavy (non-hydrogen) atoms. The van der Waals surface area contributed by atoms with E-state index < -0.39 is 5.97 Å². The van der Waals surface area contributed by atoms with Crippen molar-refractivity contribution >= 4 is 77.5 Å². The van der Waals surface area contributed by atoms with Crippen LogP contribution in [-0.4, -0.2) is 70.2 Å². The zero-order valence-electron chi connectivity index (χ0n) is 5.15. The molecule has 1 N–H and O–H groups in total. The Labute approximate surface area is 122 Å². The van der Waals surface area contributed by atoms with E-state index in [9.17, 15) is 4.79 Å². The number of aromatic carboxylic acids is 1. The van der Waals surface area contributed by atoms with Crippen molar-refractivity contribution in [1.29, 1.82) is 0 Å². The predicted molar refractivity (Wildman–Crippen MR) is 54.9 cm³/mol. The van der Waals surface area contributed by atoms with Crippen LogP contribution in [-0.2, 0) is 0 Å². The summed E-state index contributed by atoms with van der Waals surface area (Å²) >= 11 is 0. The van der Waals surface area contributed by atoms with Gasteiger partial charge in [0.05, 0.1) is 5.56 Å². The maximum absolute atomic E-state index is 10.2. The number of carboxylic acid groups (broad SMARTS) is 1. The van der Waals surface area contributed by atoms with Gasteiger partial charge in [0, 0.05) is 0 Å². The summed E-state index contributed by atoms with van der Waals surface area (Å²) in [6.07, 6.45) is 0. The molecule has 0 amide bonds. The molecule has 2 nitrogen and oxygen atoms in total. The van der Waals surface area contributed by atoms with Crippen molar-refractivity contribution in [3.63, 3.8) is 0 Å². The second kappa shape index (κ2) is 10.1. The molecule has 0 unspecified atom stereocenters. The summed E-state index contributed by atoms with van der Waals surface area (Å²) < 4.78 is 0. The molecular weight excluding hydrogens is 198 g/mol. The van der Waals surface area contributed by atoms with Gasteiger partial charge in [0.1, 0.15) is 0 Å². The number of rotatable bonds is 1. The second-order valence-electron chi connectivity index (χ2n) is 1.67. The van der Waals surface area contributed by atoms with Crippen molar-refractivity contribution < 1.29 is 9.90 Å². The van der Waals surface area contributed by atoms with Crippen LogP contribution in [0.4, 0.5) is 0 Å². The normalized spacial score (nSPS) is 6.67. The summed E-state index contributed by atoms with van der Waals surface area (Å²) in [5.74, 6) is -0.879. The Balaban J connectivity index is -0.000000270. The van der Waals surface area contributed by atoms with Gasteiger partial charge in [-0.3, -0.25) is 0 Å². The third-order valence-electron chi connectivity index (χ3n) is 1.02.